The van der Waals surface area contributed by atoms with E-state index in [-0.39, 0.29) is 6.54 Å². The number of anilines is 1. The molecular formula is C24H24Cl2N2O4S. The zero-order chi connectivity index (χ0) is 24.4. The van der Waals surface area contributed by atoms with Crippen molar-refractivity contribution in [1.29, 1.82) is 0 Å². The van der Waals surface area contributed by atoms with Gasteiger partial charge < -0.3 is 15.0 Å². The third kappa shape index (κ3) is 4.37. The van der Waals surface area contributed by atoms with E-state index in [9.17, 15) is 14.4 Å². The van der Waals surface area contributed by atoms with Crippen molar-refractivity contribution in [1.82, 2.24) is 4.90 Å². The van der Waals surface area contributed by atoms with E-state index in [0.29, 0.717) is 26.9 Å². The van der Waals surface area contributed by atoms with Gasteiger partial charge in [0.2, 0.25) is 11.8 Å². The van der Waals surface area contributed by atoms with Crippen LogP contribution in [0.15, 0.2) is 59.5 Å². The molecule has 1 saturated heterocycles. The molecule has 33 heavy (non-hydrogen) atoms. The van der Waals surface area contributed by atoms with Crippen LogP contribution in [0.25, 0.3) is 0 Å². The molecule has 0 spiro atoms. The summed E-state index contributed by atoms with van der Waals surface area (Å²) in [5, 5.41) is 5.24. The molecule has 0 aromatic heterocycles. The number of benzene rings is 2. The highest BCUT2D eigenvalue weighted by Gasteiger charge is 2.61. The molecule has 1 heterocycles. The van der Waals surface area contributed by atoms with E-state index in [2.05, 4.69) is 5.32 Å². The van der Waals surface area contributed by atoms with Crippen LogP contribution in [0.3, 0.4) is 0 Å². The predicted octanol–water partition coefficient (Wildman–Crippen LogP) is 4.91. The number of amides is 2. The van der Waals surface area contributed by atoms with E-state index in [1.54, 1.807) is 61.7 Å². The smallest absolute Gasteiger partial charge is 0.330 e. The van der Waals surface area contributed by atoms with Crippen molar-refractivity contribution in [2.75, 3.05) is 25.2 Å². The Morgan fingerprint density at radius 1 is 1.18 bits per heavy atom. The second kappa shape index (κ2) is 9.79. The van der Waals surface area contributed by atoms with Crippen molar-refractivity contribution < 1.29 is 19.1 Å². The molecule has 1 N–H and O–H groups in total. The van der Waals surface area contributed by atoms with Crippen LogP contribution in [0.2, 0.25) is 10.0 Å². The lowest BCUT2D eigenvalue weighted by atomic mass is 9.76. The van der Waals surface area contributed by atoms with Crippen molar-refractivity contribution in [3.8, 4) is 0 Å². The van der Waals surface area contributed by atoms with E-state index < -0.39 is 28.7 Å². The van der Waals surface area contributed by atoms with E-state index in [1.165, 1.54) is 29.8 Å². The van der Waals surface area contributed by atoms with Gasteiger partial charge >= 0.3 is 5.97 Å². The van der Waals surface area contributed by atoms with Crippen molar-refractivity contribution in [3.63, 3.8) is 0 Å². The first kappa shape index (κ1) is 25.1. The Labute approximate surface area is 207 Å². The lowest BCUT2D eigenvalue weighted by molar-refractivity contribution is -0.154. The van der Waals surface area contributed by atoms with Gasteiger partial charge in [0, 0.05) is 11.6 Å². The number of thioether (sulfide) groups is 1. The molecule has 0 saturated carbocycles. The predicted molar refractivity (Wildman–Crippen MR) is 133 cm³/mol. The Bertz CT molecular complexity index is 1120. The van der Waals surface area contributed by atoms with Gasteiger partial charge in [-0.05, 0) is 54.8 Å². The molecule has 174 valence electrons. The van der Waals surface area contributed by atoms with Crippen molar-refractivity contribution in [3.05, 3.63) is 75.1 Å². The number of methoxy groups -OCH3 is 1. The molecule has 1 unspecified atom stereocenters. The average molecular weight is 507 g/mol. The minimum absolute atomic E-state index is 0.0768. The summed E-state index contributed by atoms with van der Waals surface area (Å²) in [5.41, 5.74) is -1.65. The first-order valence-electron chi connectivity index (χ1n) is 10.1. The van der Waals surface area contributed by atoms with Gasteiger partial charge in [0.15, 0.2) is 5.41 Å². The van der Waals surface area contributed by atoms with Crippen LogP contribution in [0.5, 0.6) is 0 Å². The summed E-state index contributed by atoms with van der Waals surface area (Å²) >= 11 is 13.6. The monoisotopic (exact) mass is 506 g/mol. The molecule has 0 bridgehead atoms. The van der Waals surface area contributed by atoms with Crippen LogP contribution < -0.4 is 5.32 Å². The summed E-state index contributed by atoms with van der Waals surface area (Å²) in [6, 6.07) is 13.5. The number of nitrogens with one attached hydrogen (secondary N) is 1. The fourth-order valence-electron chi connectivity index (χ4n) is 3.90. The van der Waals surface area contributed by atoms with Crippen molar-refractivity contribution in [2.45, 2.75) is 24.8 Å². The summed E-state index contributed by atoms with van der Waals surface area (Å²) in [7, 11) is 1.25. The number of rotatable bonds is 6. The molecule has 1 atom stereocenters. The lowest BCUT2D eigenvalue weighted by Crippen LogP contribution is -2.56. The molecule has 2 aromatic rings. The van der Waals surface area contributed by atoms with Crippen molar-refractivity contribution >= 4 is 58.4 Å². The highest BCUT2D eigenvalue weighted by molar-refractivity contribution is 8.01. The van der Waals surface area contributed by atoms with Crippen LogP contribution in [0, 0.1) is 0 Å². The second-order valence-electron chi connectivity index (χ2n) is 8.02. The molecule has 2 amide bonds. The highest BCUT2D eigenvalue weighted by atomic mass is 35.5. The highest BCUT2D eigenvalue weighted by Crippen LogP contribution is 2.45. The lowest BCUT2D eigenvalue weighted by Gasteiger charge is -2.35. The third-order valence-corrected chi connectivity index (χ3v) is 6.83. The first-order valence-corrected chi connectivity index (χ1v) is 12.1. The average Bonchev–Trinajstić information content (AvgIpc) is 3.09. The molecule has 6 nitrogen and oxygen atoms in total. The molecule has 1 aliphatic heterocycles. The first-order chi connectivity index (χ1) is 15.6. The minimum Gasteiger partial charge on any atom is -0.468 e. The number of hydrogen-bond donors (Lipinski definition) is 1. The number of carbonyl (C=O) groups excluding carboxylic acids is 3. The van der Waals surface area contributed by atoms with Crippen LogP contribution in [-0.2, 0) is 24.5 Å². The molecule has 0 radical (unpaired) electrons. The van der Waals surface area contributed by atoms with Gasteiger partial charge in [-0.15, -0.1) is 11.8 Å². The second-order valence-corrected chi connectivity index (χ2v) is 9.57. The van der Waals surface area contributed by atoms with Crippen molar-refractivity contribution in [2.24, 2.45) is 0 Å². The molecule has 2 aromatic carbocycles. The topological polar surface area (TPSA) is 75.7 Å². The van der Waals surface area contributed by atoms with Crippen LogP contribution >= 0.6 is 35.0 Å². The SMILES string of the molecule is COC(=O)C1(c2ccccc2)C(=O)N(C(C)(C)C(=O)Nc2cc(Cl)ccc2Cl)CC1=CSC. The Hall–Kier alpha value is -2.48. The Kier molecular flexibility index (Phi) is 7.46. The van der Waals surface area contributed by atoms with Gasteiger partial charge in [0.25, 0.3) is 0 Å². The van der Waals surface area contributed by atoms with Gasteiger partial charge in [0.1, 0.15) is 5.54 Å². The summed E-state index contributed by atoms with van der Waals surface area (Å²) < 4.78 is 5.12. The quantitative estimate of drug-likeness (QED) is 0.444. The molecule has 3 rings (SSSR count). The Morgan fingerprint density at radius 3 is 2.45 bits per heavy atom. The fourth-order valence-corrected chi connectivity index (χ4v) is 4.77. The maximum Gasteiger partial charge on any atom is 0.330 e. The third-order valence-electron chi connectivity index (χ3n) is 5.74. The van der Waals surface area contributed by atoms with Crippen LogP contribution in [0.4, 0.5) is 5.69 Å². The Morgan fingerprint density at radius 2 is 1.85 bits per heavy atom. The number of likely N-dealkylation sites (tertiary alicyclic amines) is 1. The minimum atomic E-state index is -1.68. The number of carbonyl (C=O) groups is 3. The zero-order valence-corrected chi connectivity index (χ0v) is 21.0. The fraction of sp³-hybridized carbons (Fsp3) is 0.292. The van der Waals surface area contributed by atoms with Crippen LogP contribution in [-0.4, -0.2) is 48.1 Å². The number of esters is 1. The largest absolute Gasteiger partial charge is 0.468 e. The summed E-state index contributed by atoms with van der Waals surface area (Å²) in [6.45, 7) is 3.31. The van der Waals surface area contributed by atoms with E-state index in [4.69, 9.17) is 27.9 Å². The Balaban J connectivity index is 2.07. The number of hydrogen-bond acceptors (Lipinski definition) is 5. The van der Waals surface area contributed by atoms with E-state index in [0.717, 1.165) is 0 Å². The number of halogens is 2. The van der Waals surface area contributed by atoms with Gasteiger partial charge in [-0.25, -0.2) is 0 Å². The van der Waals surface area contributed by atoms with Gasteiger partial charge in [0.05, 0.1) is 17.8 Å². The molecule has 9 heteroatoms. The molecule has 1 fully saturated rings. The van der Waals surface area contributed by atoms with E-state index in [1.807, 2.05) is 6.26 Å². The molecular weight excluding hydrogens is 483 g/mol. The van der Waals surface area contributed by atoms with Gasteiger partial charge in [-0.2, -0.15) is 0 Å². The molecule has 1 aliphatic rings. The van der Waals surface area contributed by atoms with E-state index >= 15 is 0 Å². The summed E-state index contributed by atoms with van der Waals surface area (Å²) in [4.78, 5) is 41.9. The molecule has 0 aliphatic carbocycles. The van der Waals surface area contributed by atoms with Gasteiger partial charge in [-0.3, -0.25) is 14.4 Å². The maximum atomic E-state index is 14.0. The summed E-state index contributed by atoms with van der Waals surface area (Å²) in [6.07, 6.45) is 1.84. The number of ether oxygens (including phenoxy) is 1. The standard InChI is InChI=1S/C24H24Cl2N2O4S/c1-23(2,20(29)27-19-12-17(25)10-11-18(19)26)28-13-16(14-33-4)24(21(28)30,22(31)32-3)15-8-6-5-7-9-15/h5-12,14H,13H2,1-4H3,(H,27,29). The summed E-state index contributed by atoms with van der Waals surface area (Å²) in [5.74, 6) is -1.70. The van der Waals surface area contributed by atoms with Gasteiger partial charge in [-0.1, -0.05) is 53.5 Å². The van der Waals surface area contributed by atoms with Crippen LogP contribution in [0.1, 0.15) is 19.4 Å². The maximum absolute atomic E-state index is 14.0. The number of nitrogens with zero attached hydrogens (tertiary/aromatic N) is 1. The zero-order valence-electron chi connectivity index (χ0n) is 18.6. The normalized spacial score (nSPS) is 19.6.